The normalized spacial score (nSPS) is 25.0. The number of nitrogens with zero attached hydrogens (tertiary/aromatic N) is 1. The molecule has 2 heterocycles. The molecule has 0 aromatic rings. The molecule has 0 spiro atoms. The average Bonchev–Trinajstić information content (AvgIpc) is 2.97. The number of hydrogen-bond donors (Lipinski definition) is 1. The van der Waals surface area contributed by atoms with Gasteiger partial charge in [-0.1, -0.05) is 0 Å². The summed E-state index contributed by atoms with van der Waals surface area (Å²) < 4.78 is 11.1. The van der Waals surface area contributed by atoms with Crippen molar-refractivity contribution in [1.82, 2.24) is 4.90 Å². The van der Waals surface area contributed by atoms with Gasteiger partial charge in [-0.2, -0.15) is 0 Å². The van der Waals surface area contributed by atoms with Crippen LogP contribution in [0.4, 0.5) is 0 Å². The minimum absolute atomic E-state index is 0.00164. The minimum atomic E-state index is -0.756. The Labute approximate surface area is 125 Å². The minimum Gasteiger partial charge on any atom is -0.481 e. The maximum Gasteiger partial charge on any atom is 0.303 e. The van der Waals surface area contributed by atoms with Gasteiger partial charge in [-0.15, -0.1) is 0 Å². The molecule has 2 aliphatic heterocycles. The molecule has 0 aliphatic carbocycles. The van der Waals surface area contributed by atoms with Crippen LogP contribution in [0, 0.1) is 5.92 Å². The zero-order valence-electron chi connectivity index (χ0n) is 12.6. The summed E-state index contributed by atoms with van der Waals surface area (Å²) in [6, 6.07) is 0. The van der Waals surface area contributed by atoms with E-state index in [4.69, 9.17) is 14.6 Å². The van der Waals surface area contributed by atoms with Crippen LogP contribution in [0.1, 0.15) is 39.0 Å². The third-order valence-corrected chi connectivity index (χ3v) is 4.29. The summed E-state index contributed by atoms with van der Waals surface area (Å²) in [5.41, 5.74) is 0. The van der Waals surface area contributed by atoms with Gasteiger partial charge in [0, 0.05) is 26.1 Å². The summed E-state index contributed by atoms with van der Waals surface area (Å²) in [4.78, 5) is 24.8. The van der Waals surface area contributed by atoms with Crippen LogP contribution in [0.3, 0.4) is 0 Å². The second kappa shape index (κ2) is 7.75. The Hall–Kier alpha value is -1.14. The van der Waals surface area contributed by atoms with Crippen molar-refractivity contribution >= 4 is 11.9 Å². The zero-order valence-corrected chi connectivity index (χ0v) is 12.6. The number of ether oxygens (including phenoxy) is 2. The first-order chi connectivity index (χ1) is 10.1. The van der Waals surface area contributed by atoms with Gasteiger partial charge in [-0.05, 0) is 38.5 Å². The highest BCUT2D eigenvalue weighted by molar-refractivity contribution is 5.80. The van der Waals surface area contributed by atoms with Crippen LogP contribution in [0.25, 0.3) is 0 Å². The van der Waals surface area contributed by atoms with Crippen LogP contribution < -0.4 is 0 Å². The molecule has 2 fully saturated rings. The highest BCUT2D eigenvalue weighted by Gasteiger charge is 2.28. The van der Waals surface area contributed by atoms with Crippen molar-refractivity contribution in [3.8, 4) is 0 Å². The van der Waals surface area contributed by atoms with Crippen molar-refractivity contribution in [3.63, 3.8) is 0 Å². The van der Waals surface area contributed by atoms with E-state index < -0.39 is 12.1 Å². The first-order valence-corrected chi connectivity index (χ1v) is 7.80. The Morgan fingerprint density at radius 3 is 2.62 bits per heavy atom. The van der Waals surface area contributed by atoms with Crippen molar-refractivity contribution in [2.24, 2.45) is 5.92 Å². The first-order valence-electron chi connectivity index (χ1n) is 7.80. The molecule has 0 bridgehead atoms. The molecule has 0 unspecified atom stereocenters. The van der Waals surface area contributed by atoms with E-state index >= 15 is 0 Å². The number of carbonyl (C=O) groups is 2. The largest absolute Gasteiger partial charge is 0.481 e. The molecule has 2 rings (SSSR count). The number of rotatable bonds is 6. The van der Waals surface area contributed by atoms with E-state index in [1.807, 2.05) is 0 Å². The molecule has 2 atom stereocenters. The van der Waals surface area contributed by atoms with Crippen molar-refractivity contribution in [1.29, 1.82) is 0 Å². The molecule has 1 N–H and O–H groups in total. The fraction of sp³-hybridized carbons (Fsp3) is 0.867. The average molecular weight is 299 g/mol. The molecule has 21 heavy (non-hydrogen) atoms. The van der Waals surface area contributed by atoms with E-state index in [0.29, 0.717) is 19.7 Å². The lowest BCUT2D eigenvalue weighted by Crippen LogP contribution is -2.44. The number of aliphatic carboxylic acids is 1. The lowest BCUT2D eigenvalue weighted by atomic mass is 9.93. The summed E-state index contributed by atoms with van der Waals surface area (Å²) >= 11 is 0. The zero-order chi connectivity index (χ0) is 15.2. The van der Waals surface area contributed by atoms with Crippen LogP contribution in [0.15, 0.2) is 0 Å². The smallest absolute Gasteiger partial charge is 0.303 e. The summed E-state index contributed by atoms with van der Waals surface area (Å²) in [5, 5.41) is 8.79. The molecule has 2 aliphatic rings. The fourth-order valence-electron chi connectivity index (χ4n) is 2.96. The summed E-state index contributed by atoms with van der Waals surface area (Å²) in [6.45, 7) is 4.30. The molecule has 1 amide bonds. The summed E-state index contributed by atoms with van der Waals surface area (Å²) in [7, 11) is 0. The topological polar surface area (TPSA) is 76.1 Å². The Kier molecular flexibility index (Phi) is 5.99. The highest BCUT2D eigenvalue weighted by atomic mass is 16.5. The number of piperidine rings is 1. The molecule has 6 nitrogen and oxygen atoms in total. The van der Waals surface area contributed by atoms with Gasteiger partial charge in [0.2, 0.25) is 0 Å². The van der Waals surface area contributed by atoms with Crippen molar-refractivity contribution in [2.75, 3.05) is 26.3 Å². The van der Waals surface area contributed by atoms with Crippen molar-refractivity contribution < 1.29 is 24.2 Å². The van der Waals surface area contributed by atoms with Gasteiger partial charge in [-0.3, -0.25) is 9.59 Å². The number of carbonyl (C=O) groups excluding carboxylic acids is 1. The van der Waals surface area contributed by atoms with Crippen LogP contribution in [0.5, 0.6) is 0 Å². The maximum absolute atomic E-state index is 12.3. The predicted molar refractivity (Wildman–Crippen MR) is 75.9 cm³/mol. The predicted octanol–water partition coefficient (Wildman–Crippen LogP) is 1.28. The van der Waals surface area contributed by atoms with E-state index in [9.17, 15) is 9.59 Å². The molecule has 120 valence electrons. The van der Waals surface area contributed by atoms with Gasteiger partial charge in [0.15, 0.2) is 0 Å². The van der Waals surface area contributed by atoms with Gasteiger partial charge in [0.1, 0.15) is 6.10 Å². The van der Waals surface area contributed by atoms with Crippen LogP contribution in [-0.4, -0.2) is 60.4 Å². The Morgan fingerprint density at radius 2 is 2.05 bits per heavy atom. The molecular weight excluding hydrogens is 274 g/mol. The lowest BCUT2D eigenvalue weighted by Gasteiger charge is -2.33. The van der Waals surface area contributed by atoms with E-state index in [1.54, 1.807) is 11.8 Å². The second-order valence-electron chi connectivity index (χ2n) is 5.98. The maximum atomic E-state index is 12.3. The molecule has 0 aromatic carbocycles. The number of carboxylic acids is 1. The Bertz CT molecular complexity index is 359. The van der Waals surface area contributed by atoms with Gasteiger partial charge in [-0.25, -0.2) is 0 Å². The van der Waals surface area contributed by atoms with Gasteiger partial charge in [0.05, 0.1) is 12.7 Å². The van der Waals surface area contributed by atoms with E-state index in [0.717, 1.165) is 32.3 Å². The number of amides is 1. The molecule has 0 radical (unpaired) electrons. The molecule has 2 saturated heterocycles. The molecule has 0 saturated carbocycles. The van der Waals surface area contributed by atoms with Crippen molar-refractivity contribution in [2.45, 2.75) is 51.2 Å². The first kappa shape index (κ1) is 16.2. The fourth-order valence-corrected chi connectivity index (χ4v) is 2.96. The third kappa shape index (κ3) is 4.97. The number of hydrogen-bond acceptors (Lipinski definition) is 4. The lowest BCUT2D eigenvalue weighted by molar-refractivity contribution is -0.146. The van der Waals surface area contributed by atoms with E-state index in [1.165, 1.54) is 0 Å². The highest BCUT2D eigenvalue weighted by Crippen LogP contribution is 2.21. The van der Waals surface area contributed by atoms with Gasteiger partial charge in [0.25, 0.3) is 5.91 Å². The van der Waals surface area contributed by atoms with Gasteiger partial charge < -0.3 is 19.5 Å². The quantitative estimate of drug-likeness (QED) is 0.799. The SMILES string of the molecule is C[C@H](OC[C@@H]1CCCO1)C(=O)N1CCC(CC(=O)O)CC1. The van der Waals surface area contributed by atoms with Crippen LogP contribution in [0.2, 0.25) is 0 Å². The van der Waals surface area contributed by atoms with Gasteiger partial charge >= 0.3 is 5.97 Å². The number of carboxylic acid groups (broad SMARTS) is 1. The summed E-state index contributed by atoms with van der Waals surface area (Å²) in [6.07, 6.45) is 3.46. The van der Waals surface area contributed by atoms with E-state index in [2.05, 4.69) is 0 Å². The Morgan fingerprint density at radius 1 is 1.33 bits per heavy atom. The van der Waals surface area contributed by atoms with Crippen molar-refractivity contribution in [3.05, 3.63) is 0 Å². The second-order valence-corrected chi connectivity index (χ2v) is 5.98. The van der Waals surface area contributed by atoms with Crippen LogP contribution >= 0.6 is 0 Å². The summed E-state index contributed by atoms with van der Waals surface area (Å²) in [5.74, 6) is -0.565. The monoisotopic (exact) mass is 299 g/mol. The van der Waals surface area contributed by atoms with E-state index in [-0.39, 0.29) is 24.3 Å². The van der Waals surface area contributed by atoms with Crippen LogP contribution in [-0.2, 0) is 19.1 Å². The third-order valence-electron chi connectivity index (χ3n) is 4.29. The molecule has 0 aromatic heterocycles. The standard InChI is InChI=1S/C15H25NO5/c1-11(21-10-13-3-2-8-20-13)15(19)16-6-4-12(5-7-16)9-14(17)18/h11-13H,2-10H2,1H3,(H,17,18)/t11-,13-/m0/s1. The number of likely N-dealkylation sites (tertiary alicyclic amines) is 1. The molecular formula is C15H25NO5. The molecule has 6 heteroatoms. The Balaban J connectivity index is 1.69.